The fraction of sp³-hybridized carbons (Fsp3) is 0.412. The summed E-state index contributed by atoms with van der Waals surface area (Å²) in [5, 5.41) is 10.8. The zero-order valence-corrected chi connectivity index (χ0v) is 13.2. The van der Waals surface area contributed by atoms with E-state index in [4.69, 9.17) is 0 Å². The van der Waals surface area contributed by atoms with Gasteiger partial charge >= 0.3 is 0 Å². The Morgan fingerprint density at radius 2 is 1.96 bits per heavy atom. The Labute approximate surface area is 134 Å². The predicted octanol–water partition coefficient (Wildman–Crippen LogP) is 0.667. The van der Waals surface area contributed by atoms with Gasteiger partial charge in [0.1, 0.15) is 5.69 Å². The summed E-state index contributed by atoms with van der Waals surface area (Å²) in [7, 11) is 0. The Kier molecular flexibility index (Phi) is 4.45. The summed E-state index contributed by atoms with van der Waals surface area (Å²) in [5.74, 6) is -0.149. The number of carbonyl (C=O) groups is 1. The second-order valence-electron chi connectivity index (χ2n) is 6.04. The van der Waals surface area contributed by atoms with E-state index in [-0.39, 0.29) is 17.6 Å². The highest BCUT2D eigenvalue weighted by Crippen LogP contribution is 2.12. The van der Waals surface area contributed by atoms with Gasteiger partial charge in [-0.05, 0) is 24.4 Å². The maximum absolute atomic E-state index is 12.6. The largest absolute Gasteiger partial charge is 0.392 e. The van der Waals surface area contributed by atoms with Crippen LogP contribution in [0, 0.1) is 0 Å². The monoisotopic (exact) mass is 315 g/mol. The topological polar surface area (TPSA) is 76.6 Å². The van der Waals surface area contributed by atoms with Gasteiger partial charge in [0.25, 0.3) is 11.5 Å². The molecule has 1 fully saturated rings. The van der Waals surface area contributed by atoms with Crippen molar-refractivity contribution >= 4 is 16.7 Å². The lowest BCUT2D eigenvalue weighted by molar-refractivity contribution is 0.0549. The van der Waals surface area contributed by atoms with E-state index in [1.807, 2.05) is 12.1 Å². The molecule has 6 heteroatoms. The number of hydrogen-bond acceptors (Lipinski definition) is 4. The molecule has 2 heterocycles. The number of rotatable bonds is 3. The lowest BCUT2D eigenvalue weighted by Gasteiger charge is -2.35. The first kappa shape index (κ1) is 15.7. The molecule has 1 aromatic heterocycles. The van der Waals surface area contributed by atoms with Gasteiger partial charge in [0.05, 0.1) is 6.10 Å². The summed E-state index contributed by atoms with van der Waals surface area (Å²) in [6.45, 7) is 5.04. The number of aliphatic hydroxyl groups excluding tert-OH is 1. The number of carbonyl (C=O) groups excluding carboxylic acids is 1. The van der Waals surface area contributed by atoms with Crippen LogP contribution in [0.2, 0.25) is 0 Å². The van der Waals surface area contributed by atoms with Crippen molar-refractivity contribution in [1.29, 1.82) is 0 Å². The molecular weight excluding hydrogens is 294 g/mol. The van der Waals surface area contributed by atoms with E-state index >= 15 is 0 Å². The molecule has 1 aromatic carbocycles. The number of aromatic amines is 1. The van der Waals surface area contributed by atoms with Crippen molar-refractivity contribution < 1.29 is 9.90 Å². The number of benzene rings is 1. The highest BCUT2D eigenvalue weighted by atomic mass is 16.3. The van der Waals surface area contributed by atoms with Crippen LogP contribution in [0.4, 0.5) is 0 Å². The molecule has 23 heavy (non-hydrogen) atoms. The number of amides is 1. The first-order valence-electron chi connectivity index (χ1n) is 7.86. The second kappa shape index (κ2) is 6.52. The minimum Gasteiger partial charge on any atom is -0.392 e. The predicted molar refractivity (Wildman–Crippen MR) is 88.6 cm³/mol. The van der Waals surface area contributed by atoms with Gasteiger partial charge in [0.15, 0.2) is 0 Å². The molecule has 0 saturated carbocycles. The summed E-state index contributed by atoms with van der Waals surface area (Å²) in [4.78, 5) is 31.3. The molecule has 1 amide bonds. The minimum absolute atomic E-state index is 0.149. The molecule has 1 atom stereocenters. The summed E-state index contributed by atoms with van der Waals surface area (Å²) in [6, 6.07) is 8.98. The number of β-amino-alcohol motifs (C(OH)–C–C–N with tert-alkyl or cyclic N) is 1. The van der Waals surface area contributed by atoms with Gasteiger partial charge in [-0.25, -0.2) is 0 Å². The van der Waals surface area contributed by atoms with Crippen LogP contribution < -0.4 is 5.56 Å². The zero-order chi connectivity index (χ0) is 16.4. The minimum atomic E-state index is -0.367. The van der Waals surface area contributed by atoms with Crippen LogP contribution in [0.3, 0.4) is 0 Å². The van der Waals surface area contributed by atoms with Gasteiger partial charge in [0, 0.05) is 38.1 Å². The average Bonchev–Trinajstić information content (AvgIpc) is 2.54. The Morgan fingerprint density at radius 3 is 2.65 bits per heavy atom. The summed E-state index contributed by atoms with van der Waals surface area (Å²) in [6.07, 6.45) is -0.367. The van der Waals surface area contributed by atoms with Crippen molar-refractivity contribution in [2.45, 2.75) is 13.0 Å². The van der Waals surface area contributed by atoms with E-state index in [1.165, 1.54) is 0 Å². The third-order valence-corrected chi connectivity index (χ3v) is 4.17. The lowest BCUT2D eigenvalue weighted by atomic mass is 10.1. The number of aromatic nitrogens is 1. The maximum Gasteiger partial charge on any atom is 0.270 e. The third kappa shape index (κ3) is 3.43. The van der Waals surface area contributed by atoms with Crippen LogP contribution in [0.15, 0.2) is 35.1 Å². The number of hydrogen-bond donors (Lipinski definition) is 2. The van der Waals surface area contributed by atoms with Crippen molar-refractivity contribution in [1.82, 2.24) is 14.8 Å². The van der Waals surface area contributed by atoms with E-state index in [0.29, 0.717) is 30.7 Å². The van der Waals surface area contributed by atoms with Gasteiger partial charge in [-0.2, -0.15) is 0 Å². The van der Waals surface area contributed by atoms with Crippen molar-refractivity contribution in [3.8, 4) is 0 Å². The van der Waals surface area contributed by atoms with E-state index < -0.39 is 0 Å². The molecule has 1 aliphatic heterocycles. The van der Waals surface area contributed by atoms with Gasteiger partial charge in [-0.15, -0.1) is 0 Å². The fourth-order valence-electron chi connectivity index (χ4n) is 3.00. The molecule has 6 nitrogen and oxygen atoms in total. The molecule has 1 saturated heterocycles. The molecular formula is C17H21N3O3. The van der Waals surface area contributed by atoms with Crippen LogP contribution in [-0.4, -0.2) is 64.6 Å². The number of piperazine rings is 1. The van der Waals surface area contributed by atoms with Gasteiger partial charge < -0.3 is 15.0 Å². The number of fused-ring (bicyclic) bond motifs is 1. The maximum atomic E-state index is 12.6. The van der Waals surface area contributed by atoms with Crippen LogP contribution in [0.1, 0.15) is 17.4 Å². The number of nitrogens with zero attached hydrogens (tertiary/aromatic N) is 2. The first-order valence-corrected chi connectivity index (χ1v) is 7.86. The fourth-order valence-corrected chi connectivity index (χ4v) is 3.00. The van der Waals surface area contributed by atoms with E-state index in [0.717, 1.165) is 18.5 Å². The second-order valence-corrected chi connectivity index (χ2v) is 6.04. The van der Waals surface area contributed by atoms with Gasteiger partial charge in [-0.1, -0.05) is 18.2 Å². The number of pyridine rings is 1. The quantitative estimate of drug-likeness (QED) is 0.873. The highest BCUT2D eigenvalue weighted by Gasteiger charge is 2.23. The summed E-state index contributed by atoms with van der Waals surface area (Å²) < 4.78 is 0. The standard InChI is InChI=1S/C17H21N3O3/c1-12(21)11-19-6-8-20(9-7-19)17(23)15-10-13-4-2-3-5-14(13)16(22)18-15/h2-5,10,12,21H,6-9,11H2,1H3,(H,18,22)/t12-/m1/s1. The molecule has 0 aliphatic carbocycles. The molecule has 2 N–H and O–H groups in total. The van der Waals surface area contributed by atoms with Crippen molar-refractivity contribution in [2.24, 2.45) is 0 Å². The van der Waals surface area contributed by atoms with E-state index in [9.17, 15) is 14.7 Å². The SMILES string of the molecule is C[C@@H](O)CN1CCN(C(=O)c2cc3ccccc3c(=O)[nH]2)CC1. The zero-order valence-electron chi connectivity index (χ0n) is 13.2. The summed E-state index contributed by atoms with van der Waals surface area (Å²) >= 11 is 0. The first-order chi connectivity index (χ1) is 11.0. The van der Waals surface area contributed by atoms with E-state index in [1.54, 1.807) is 30.0 Å². The Balaban J connectivity index is 1.75. The third-order valence-electron chi connectivity index (χ3n) is 4.17. The van der Waals surface area contributed by atoms with Crippen LogP contribution >= 0.6 is 0 Å². The Morgan fingerprint density at radius 1 is 1.26 bits per heavy atom. The van der Waals surface area contributed by atoms with Crippen molar-refractivity contribution in [2.75, 3.05) is 32.7 Å². The number of H-pyrrole nitrogens is 1. The van der Waals surface area contributed by atoms with Crippen LogP contribution in [0.5, 0.6) is 0 Å². The van der Waals surface area contributed by atoms with Crippen LogP contribution in [-0.2, 0) is 0 Å². The van der Waals surface area contributed by atoms with Crippen LogP contribution in [0.25, 0.3) is 10.8 Å². The lowest BCUT2D eigenvalue weighted by Crippen LogP contribution is -2.50. The molecule has 2 aromatic rings. The molecule has 0 bridgehead atoms. The summed E-state index contributed by atoms with van der Waals surface area (Å²) in [5.41, 5.74) is 0.0943. The molecule has 122 valence electrons. The Hall–Kier alpha value is -2.18. The highest BCUT2D eigenvalue weighted by molar-refractivity contribution is 5.96. The van der Waals surface area contributed by atoms with Gasteiger partial charge in [-0.3, -0.25) is 14.5 Å². The Bertz CT molecular complexity index is 761. The number of aliphatic hydroxyl groups is 1. The van der Waals surface area contributed by atoms with Gasteiger partial charge in [0.2, 0.25) is 0 Å². The average molecular weight is 315 g/mol. The smallest absolute Gasteiger partial charge is 0.270 e. The van der Waals surface area contributed by atoms with Crippen molar-refractivity contribution in [3.05, 3.63) is 46.4 Å². The molecule has 0 unspecified atom stereocenters. The molecule has 3 rings (SSSR count). The molecule has 0 radical (unpaired) electrons. The molecule has 1 aliphatic rings. The normalized spacial score (nSPS) is 17.4. The molecule has 0 spiro atoms. The number of nitrogens with one attached hydrogen (secondary N) is 1. The van der Waals surface area contributed by atoms with E-state index in [2.05, 4.69) is 9.88 Å². The van der Waals surface area contributed by atoms with Crippen molar-refractivity contribution in [3.63, 3.8) is 0 Å².